The van der Waals surface area contributed by atoms with Gasteiger partial charge in [0.2, 0.25) is 5.13 Å². The molecule has 1 aliphatic rings. The fourth-order valence-corrected chi connectivity index (χ4v) is 3.04. The Labute approximate surface area is 126 Å². The molecule has 21 heavy (non-hydrogen) atoms. The van der Waals surface area contributed by atoms with Crippen molar-refractivity contribution in [2.45, 2.75) is 38.6 Å². The van der Waals surface area contributed by atoms with Crippen LogP contribution in [0.5, 0.6) is 0 Å². The molecule has 112 valence electrons. The molecule has 7 nitrogen and oxygen atoms in total. The minimum Gasteiger partial charge on any atom is -0.331 e. The Bertz CT molecular complexity index is 659. The molecule has 0 aliphatic heterocycles. The Hall–Kier alpha value is -1.96. The average Bonchev–Trinajstić information content (AvgIpc) is 3.10. The lowest BCUT2D eigenvalue weighted by molar-refractivity contribution is 0.249. The second kappa shape index (κ2) is 5.44. The van der Waals surface area contributed by atoms with Crippen LogP contribution in [0.25, 0.3) is 0 Å². The van der Waals surface area contributed by atoms with Gasteiger partial charge in [-0.1, -0.05) is 11.3 Å². The number of rotatable bonds is 4. The van der Waals surface area contributed by atoms with Gasteiger partial charge in [0.05, 0.1) is 12.2 Å². The van der Waals surface area contributed by atoms with Gasteiger partial charge >= 0.3 is 6.03 Å². The molecule has 0 bridgehead atoms. The van der Waals surface area contributed by atoms with Gasteiger partial charge < -0.3 is 5.32 Å². The monoisotopic (exact) mass is 306 g/mol. The zero-order valence-electron chi connectivity index (χ0n) is 12.3. The maximum atomic E-state index is 12.0. The van der Waals surface area contributed by atoms with Crippen LogP contribution < -0.4 is 10.6 Å². The first-order valence-corrected chi connectivity index (χ1v) is 7.75. The fourth-order valence-electron chi connectivity index (χ4n) is 2.13. The van der Waals surface area contributed by atoms with Crippen LogP contribution in [0, 0.1) is 6.92 Å². The van der Waals surface area contributed by atoms with E-state index >= 15 is 0 Å². The molecule has 1 saturated carbocycles. The molecule has 1 aliphatic carbocycles. The van der Waals surface area contributed by atoms with Crippen molar-refractivity contribution in [2.75, 3.05) is 5.32 Å². The number of carbonyl (C=O) groups excluding carboxylic acids is 1. The normalized spacial score (nSPS) is 15.8. The number of nitrogens with one attached hydrogen (secondary N) is 2. The molecular weight excluding hydrogens is 288 g/mol. The zero-order chi connectivity index (χ0) is 15.0. The average molecular weight is 306 g/mol. The standard InChI is InChI=1S/C13H18N6OS/c1-7(10-6-14-19(3)8(10)2)15-12(20)16-13-18-17-11(21-13)9-4-5-9/h6-7,9H,4-5H2,1-3H3,(H2,15,16,18,20). The van der Waals surface area contributed by atoms with Gasteiger partial charge in [0.25, 0.3) is 0 Å². The first-order valence-electron chi connectivity index (χ1n) is 6.94. The number of aryl methyl sites for hydroxylation is 1. The fraction of sp³-hybridized carbons (Fsp3) is 0.538. The van der Waals surface area contributed by atoms with E-state index in [1.807, 2.05) is 20.9 Å². The SMILES string of the molecule is Cc1c(C(C)NC(=O)Nc2nnc(C3CC3)s2)cnn1C. The van der Waals surface area contributed by atoms with E-state index in [9.17, 15) is 4.79 Å². The van der Waals surface area contributed by atoms with Crippen molar-refractivity contribution in [1.82, 2.24) is 25.3 Å². The van der Waals surface area contributed by atoms with Crippen LogP contribution in [0.1, 0.15) is 48.0 Å². The van der Waals surface area contributed by atoms with Gasteiger partial charge in [-0.3, -0.25) is 10.00 Å². The molecule has 1 fully saturated rings. The smallest absolute Gasteiger partial charge is 0.321 e. The predicted molar refractivity (Wildman–Crippen MR) is 80.4 cm³/mol. The lowest BCUT2D eigenvalue weighted by Crippen LogP contribution is -2.31. The molecule has 0 spiro atoms. The lowest BCUT2D eigenvalue weighted by Gasteiger charge is -2.13. The van der Waals surface area contributed by atoms with E-state index in [1.54, 1.807) is 10.9 Å². The quantitative estimate of drug-likeness (QED) is 0.908. The molecule has 2 aromatic rings. The van der Waals surface area contributed by atoms with Crippen LogP contribution in [0.15, 0.2) is 6.20 Å². The molecule has 3 rings (SSSR count). The summed E-state index contributed by atoms with van der Waals surface area (Å²) in [6.45, 7) is 3.91. The predicted octanol–water partition coefficient (Wildman–Crippen LogP) is 2.34. The number of aromatic nitrogens is 4. The molecule has 2 N–H and O–H groups in total. The molecular formula is C13H18N6OS. The summed E-state index contributed by atoms with van der Waals surface area (Å²) in [6, 6.07) is -0.390. The third kappa shape index (κ3) is 3.05. The molecule has 2 amide bonds. The van der Waals surface area contributed by atoms with Crippen molar-refractivity contribution in [2.24, 2.45) is 7.05 Å². The second-order valence-corrected chi connectivity index (χ2v) is 6.36. The number of nitrogens with zero attached hydrogens (tertiary/aromatic N) is 4. The summed E-state index contributed by atoms with van der Waals surface area (Å²) >= 11 is 1.45. The maximum Gasteiger partial charge on any atom is 0.321 e. The molecule has 1 unspecified atom stereocenters. The minimum atomic E-state index is -0.274. The molecule has 2 aromatic heterocycles. The third-order valence-electron chi connectivity index (χ3n) is 3.68. The Kier molecular flexibility index (Phi) is 3.62. The van der Waals surface area contributed by atoms with Crippen molar-refractivity contribution in [3.05, 3.63) is 22.5 Å². The first kappa shape index (κ1) is 14.0. The Morgan fingerprint density at radius 1 is 1.48 bits per heavy atom. The molecule has 0 radical (unpaired) electrons. The Morgan fingerprint density at radius 3 is 2.86 bits per heavy atom. The van der Waals surface area contributed by atoms with E-state index in [2.05, 4.69) is 25.9 Å². The van der Waals surface area contributed by atoms with Gasteiger partial charge in [0, 0.05) is 24.2 Å². The third-order valence-corrected chi connectivity index (χ3v) is 4.68. The second-order valence-electron chi connectivity index (χ2n) is 5.35. The van der Waals surface area contributed by atoms with E-state index in [1.165, 1.54) is 24.2 Å². The van der Waals surface area contributed by atoms with Crippen molar-refractivity contribution < 1.29 is 4.79 Å². The number of hydrogen-bond acceptors (Lipinski definition) is 5. The zero-order valence-corrected chi connectivity index (χ0v) is 13.1. The van der Waals surface area contributed by atoms with Gasteiger partial charge in [0.1, 0.15) is 5.01 Å². The van der Waals surface area contributed by atoms with Crippen molar-refractivity contribution in [1.29, 1.82) is 0 Å². The van der Waals surface area contributed by atoms with Gasteiger partial charge in [0.15, 0.2) is 0 Å². The van der Waals surface area contributed by atoms with Gasteiger partial charge in [-0.25, -0.2) is 4.79 Å². The largest absolute Gasteiger partial charge is 0.331 e. The topological polar surface area (TPSA) is 84.7 Å². The van der Waals surface area contributed by atoms with Crippen LogP contribution in [0.4, 0.5) is 9.93 Å². The van der Waals surface area contributed by atoms with Crippen LogP contribution in [-0.4, -0.2) is 26.0 Å². The van der Waals surface area contributed by atoms with Crippen LogP contribution in [0.3, 0.4) is 0 Å². The first-order chi connectivity index (χ1) is 10.0. The highest BCUT2D eigenvalue weighted by molar-refractivity contribution is 7.15. The summed E-state index contributed by atoms with van der Waals surface area (Å²) in [6.07, 6.45) is 4.13. The summed E-state index contributed by atoms with van der Waals surface area (Å²) in [5.41, 5.74) is 2.04. The summed E-state index contributed by atoms with van der Waals surface area (Å²) in [7, 11) is 1.88. The van der Waals surface area contributed by atoms with Crippen molar-refractivity contribution in [3.63, 3.8) is 0 Å². The summed E-state index contributed by atoms with van der Waals surface area (Å²) in [4.78, 5) is 12.0. The number of urea groups is 1. The summed E-state index contributed by atoms with van der Waals surface area (Å²) < 4.78 is 1.79. The number of amides is 2. The molecule has 8 heteroatoms. The van der Waals surface area contributed by atoms with Crippen LogP contribution >= 0.6 is 11.3 Å². The summed E-state index contributed by atoms with van der Waals surface area (Å²) in [5, 5.41) is 19.5. The van der Waals surface area contributed by atoms with Crippen LogP contribution in [-0.2, 0) is 7.05 Å². The van der Waals surface area contributed by atoms with E-state index < -0.39 is 0 Å². The maximum absolute atomic E-state index is 12.0. The Balaban J connectivity index is 1.58. The number of carbonyl (C=O) groups is 1. The van der Waals surface area contributed by atoms with Gasteiger partial charge in [-0.2, -0.15) is 5.10 Å². The van der Waals surface area contributed by atoms with Crippen LogP contribution in [0.2, 0.25) is 0 Å². The molecule has 2 heterocycles. The van der Waals surface area contributed by atoms with E-state index in [0.29, 0.717) is 11.0 Å². The van der Waals surface area contributed by atoms with Gasteiger partial charge in [-0.05, 0) is 26.7 Å². The molecule has 0 saturated heterocycles. The molecule has 1 atom stereocenters. The van der Waals surface area contributed by atoms with Crippen molar-refractivity contribution in [3.8, 4) is 0 Å². The number of hydrogen-bond donors (Lipinski definition) is 2. The Morgan fingerprint density at radius 2 is 2.24 bits per heavy atom. The van der Waals surface area contributed by atoms with E-state index in [-0.39, 0.29) is 12.1 Å². The van der Waals surface area contributed by atoms with Gasteiger partial charge in [-0.15, -0.1) is 10.2 Å². The highest BCUT2D eigenvalue weighted by atomic mass is 32.1. The number of anilines is 1. The lowest BCUT2D eigenvalue weighted by atomic mass is 10.1. The highest BCUT2D eigenvalue weighted by Gasteiger charge is 2.27. The highest BCUT2D eigenvalue weighted by Crippen LogP contribution is 2.42. The summed E-state index contributed by atoms with van der Waals surface area (Å²) in [5.74, 6) is 0.554. The van der Waals surface area contributed by atoms with E-state index in [4.69, 9.17) is 0 Å². The minimum absolute atomic E-state index is 0.116. The molecule has 0 aromatic carbocycles. The van der Waals surface area contributed by atoms with Crippen molar-refractivity contribution >= 4 is 22.5 Å². The van der Waals surface area contributed by atoms with E-state index in [0.717, 1.165) is 16.3 Å².